The summed E-state index contributed by atoms with van der Waals surface area (Å²) < 4.78 is 37.1. The van der Waals surface area contributed by atoms with Crippen molar-refractivity contribution in [1.82, 2.24) is 5.32 Å². The number of hydrogen-bond acceptors (Lipinski definition) is 1. The summed E-state index contributed by atoms with van der Waals surface area (Å²) in [4.78, 5) is 0. The molecule has 0 fully saturated rings. The Kier molecular flexibility index (Phi) is 6.92. The number of nitrogens with one attached hydrogen (secondary N) is 1. The maximum Gasteiger partial charge on any atom is 0.412 e. The molecule has 4 heteroatoms. The molecule has 0 aliphatic heterocycles. The zero-order valence-electron chi connectivity index (χ0n) is 9.03. The molecule has 0 saturated heterocycles. The maximum absolute atomic E-state index is 12.4. The SMILES string of the molecule is C=CNCCCC/C(=C\CC)C(F)(F)F. The molecular formula is C11H18F3N. The second-order valence-electron chi connectivity index (χ2n) is 3.25. The minimum absolute atomic E-state index is 0.107. The van der Waals surface area contributed by atoms with Crippen molar-refractivity contribution in [2.75, 3.05) is 6.54 Å². The van der Waals surface area contributed by atoms with Crippen LogP contribution in [0.5, 0.6) is 0 Å². The molecule has 0 unspecified atom stereocenters. The molecule has 0 aromatic rings. The first-order valence-electron chi connectivity index (χ1n) is 5.13. The predicted molar refractivity (Wildman–Crippen MR) is 56.5 cm³/mol. The Bertz CT molecular complexity index is 206. The van der Waals surface area contributed by atoms with Gasteiger partial charge in [0, 0.05) is 12.1 Å². The van der Waals surface area contributed by atoms with E-state index in [1.807, 2.05) is 0 Å². The number of allylic oxidation sites excluding steroid dienone is 2. The number of rotatable bonds is 7. The van der Waals surface area contributed by atoms with E-state index in [0.717, 1.165) is 6.42 Å². The molecule has 1 nitrogen and oxygen atoms in total. The van der Waals surface area contributed by atoms with Gasteiger partial charge in [0.2, 0.25) is 0 Å². The third-order valence-electron chi connectivity index (χ3n) is 1.98. The van der Waals surface area contributed by atoms with Crippen LogP contribution in [0.15, 0.2) is 24.4 Å². The molecule has 1 N–H and O–H groups in total. The summed E-state index contributed by atoms with van der Waals surface area (Å²) >= 11 is 0. The van der Waals surface area contributed by atoms with Gasteiger partial charge in [0.25, 0.3) is 0 Å². The summed E-state index contributed by atoms with van der Waals surface area (Å²) in [6.07, 6.45) is 0.459. The van der Waals surface area contributed by atoms with E-state index in [4.69, 9.17) is 0 Å². The summed E-state index contributed by atoms with van der Waals surface area (Å²) in [5, 5.41) is 2.86. The summed E-state index contributed by atoms with van der Waals surface area (Å²) in [7, 11) is 0. The van der Waals surface area contributed by atoms with Crippen molar-refractivity contribution in [2.24, 2.45) is 0 Å². The first kappa shape index (κ1) is 14.1. The monoisotopic (exact) mass is 221 g/mol. The Labute approximate surface area is 89.1 Å². The fourth-order valence-corrected chi connectivity index (χ4v) is 1.25. The minimum atomic E-state index is -4.16. The summed E-state index contributed by atoms with van der Waals surface area (Å²) in [5.41, 5.74) is -0.399. The van der Waals surface area contributed by atoms with Gasteiger partial charge in [-0.3, -0.25) is 0 Å². The molecule has 0 saturated carbocycles. The molecule has 0 aromatic carbocycles. The van der Waals surface area contributed by atoms with Crippen molar-refractivity contribution < 1.29 is 13.2 Å². The number of alkyl halides is 3. The van der Waals surface area contributed by atoms with Crippen molar-refractivity contribution in [1.29, 1.82) is 0 Å². The number of unbranched alkanes of at least 4 members (excludes halogenated alkanes) is 1. The average molecular weight is 221 g/mol. The number of hydrogen-bond donors (Lipinski definition) is 1. The van der Waals surface area contributed by atoms with Gasteiger partial charge in [0.1, 0.15) is 0 Å². The fourth-order valence-electron chi connectivity index (χ4n) is 1.25. The lowest BCUT2D eigenvalue weighted by Crippen LogP contribution is -2.13. The van der Waals surface area contributed by atoms with Crippen LogP contribution in [0, 0.1) is 0 Å². The van der Waals surface area contributed by atoms with Gasteiger partial charge >= 0.3 is 6.18 Å². The van der Waals surface area contributed by atoms with Crippen LogP contribution in [0.2, 0.25) is 0 Å². The minimum Gasteiger partial charge on any atom is -0.391 e. The predicted octanol–water partition coefficient (Wildman–Crippen LogP) is 3.79. The second-order valence-corrected chi connectivity index (χ2v) is 3.25. The van der Waals surface area contributed by atoms with E-state index in [-0.39, 0.29) is 6.42 Å². The standard InChI is InChI=1S/C11H18F3N/c1-3-7-10(11(12,13)14)8-5-6-9-15-4-2/h4,7,15H,2-3,5-6,8-9H2,1H3/b10-7+. The molecule has 0 aliphatic carbocycles. The molecule has 0 rings (SSSR count). The largest absolute Gasteiger partial charge is 0.412 e. The molecule has 0 radical (unpaired) electrons. The third kappa shape index (κ3) is 7.05. The topological polar surface area (TPSA) is 12.0 Å². The average Bonchev–Trinajstić information content (AvgIpc) is 2.14. The van der Waals surface area contributed by atoms with Crippen LogP contribution in [0.3, 0.4) is 0 Å². The molecule has 0 amide bonds. The van der Waals surface area contributed by atoms with Crippen molar-refractivity contribution in [3.05, 3.63) is 24.4 Å². The Morgan fingerprint density at radius 3 is 2.47 bits per heavy atom. The summed E-state index contributed by atoms with van der Waals surface area (Å²) in [6, 6.07) is 0. The van der Waals surface area contributed by atoms with Crippen molar-refractivity contribution >= 4 is 0 Å². The van der Waals surface area contributed by atoms with Gasteiger partial charge in [-0.05, 0) is 31.9 Å². The molecule has 0 spiro atoms. The van der Waals surface area contributed by atoms with Crippen LogP contribution < -0.4 is 5.32 Å². The normalized spacial score (nSPS) is 12.7. The summed E-state index contributed by atoms with van der Waals surface area (Å²) in [5.74, 6) is 0. The highest BCUT2D eigenvalue weighted by Gasteiger charge is 2.32. The fraction of sp³-hybridized carbons (Fsp3) is 0.636. The molecule has 88 valence electrons. The van der Waals surface area contributed by atoms with E-state index in [0.29, 0.717) is 19.4 Å². The first-order chi connectivity index (χ1) is 7.02. The van der Waals surface area contributed by atoms with Crippen LogP contribution in [-0.4, -0.2) is 12.7 Å². The Balaban J connectivity index is 3.88. The Hall–Kier alpha value is -0.930. The van der Waals surface area contributed by atoms with Crippen LogP contribution in [0.25, 0.3) is 0 Å². The molecule has 15 heavy (non-hydrogen) atoms. The van der Waals surface area contributed by atoms with Crippen LogP contribution in [-0.2, 0) is 0 Å². The highest BCUT2D eigenvalue weighted by molar-refractivity contribution is 5.08. The molecule has 0 heterocycles. The van der Waals surface area contributed by atoms with E-state index >= 15 is 0 Å². The van der Waals surface area contributed by atoms with Gasteiger partial charge < -0.3 is 5.32 Å². The zero-order chi connectivity index (χ0) is 11.7. The van der Waals surface area contributed by atoms with Crippen LogP contribution >= 0.6 is 0 Å². The van der Waals surface area contributed by atoms with Gasteiger partial charge in [-0.25, -0.2) is 0 Å². The molecular weight excluding hydrogens is 203 g/mol. The first-order valence-corrected chi connectivity index (χ1v) is 5.13. The highest BCUT2D eigenvalue weighted by atomic mass is 19.4. The Morgan fingerprint density at radius 1 is 1.33 bits per heavy atom. The van der Waals surface area contributed by atoms with Crippen LogP contribution in [0.4, 0.5) is 13.2 Å². The zero-order valence-corrected chi connectivity index (χ0v) is 9.03. The van der Waals surface area contributed by atoms with E-state index in [1.165, 1.54) is 6.08 Å². The molecule has 0 aromatic heterocycles. The van der Waals surface area contributed by atoms with Crippen LogP contribution in [0.1, 0.15) is 32.6 Å². The number of halogens is 3. The molecule has 0 bridgehead atoms. The van der Waals surface area contributed by atoms with Gasteiger partial charge in [-0.1, -0.05) is 19.6 Å². The van der Waals surface area contributed by atoms with Gasteiger partial charge in [-0.2, -0.15) is 13.2 Å². The van der Waals surface area contributed by atoms with Gasteiger partial charge in [0.15, 0.2) is 0 Å². The smallest absolute Gasteiger partial charge is 0.391 e. The Morgan fingerprint density at radius 2 is 2.00 bits per heavy atom. The van der Waals surface area contributed by atoms with Gasteiger partial charge in [-0.15, -0.1) is 0 Å². The van der Waals surface area contributed by atoms with Crippen molar-refractivity contribution in [2.45, 2.75) is 38.8 Å². The van der Waals surface area contributed by atoms with Crippen molar-refractivity contribution in [3.63, 3.8) is 0 Å². The van der Waals surface area contributed by atoms with E-state index in [9.17, 15) is 13.2 Å². The summed E-state index contributed by atoms with van der Waals surface area (Å²) in [6.45, 7) is 5.85. The lowest BCUT2D eigenvalue weighted by molar-refractivity contribution is -0.0944. The van der Waals surface area contributed by atoms with E-state index < -0.39 is 11.7 Å². The lowest BCUT2D eigenvalue weighted by atomic mass is 10.1. The lowest BCUT2D eigenvalue weighted by Gasteiger charge is -2.11. The van der Waals surface area contributed by atoms with Gasteiger partial charge in [0.05, 0.1) is 0 Å². The molecule has 0 aliphatic rings. The quantitative estimate of drug-likeness (QED) is 0.509. The van der Waals surface area contributed by atoms with Crippen molar-refractivity contribution in [3.8, 4) is 0 Å². The van der Waals surface area contributed by atoms with E-state index in [1.54, 1.807) is 13.1 Å². The maximum atomic E-state index is 12.4. The molecule has 0 atom stereocenters. The second kappa shape index (κ2) is 7.37. The van der Waals surface area contributed by atoms with E-state index in [2.05, 4.69) is 11.9 Å². The third-order valence-corrected chi connectivity index (χ3v) is 1.98. The highest BCUT2D eigenvalue weighted by Crippen LogP contribution is 2.29.